The van der Waals surface area contributed by atoms with E-state index in [1.165, 1.54) is 0 Å². The first-order valence-corrected chi connectivity index (χ1v) is 9.77. The molecule has 8 nitrogen and oxygen atoms in total. The zero-order valence-electron chi connectivity index (χ0n) is 17.1. The monoisotopic (exact) mass is 410 g/mol. The largest absolute Gasteiger partial charge is 0.497 e. The molecule has 2 aromatic rings. The van der Waals surface area contributed by atoms with Crippen LogP contribution < -0.4 is 20.7 Å². The van der Waals surface area contributed by atoms with Crippen molar-refractivity contribution in [3.05, 3.63) is 54.1 Å². The molecule has 0 aromatic heterocycles. The number of hydrogen-bond donors (Lipinski definition) is 3. The lowest BCUT2D eigenvalue weighted by atomic mass is 10.1. The van der Waals surface area contributed by atoms with Crippen LogP contribution in [0, 0.1) is 0 Å². The van der Waals surface area contributed by atoms with Crippen LogP contribution in [-0.4, -0.2) is 55.9 Å². The number of nitrogens with zero attached hydrogens (tertiary/aromatic N) is 1. The second-order valence-electron chi connectivity index (χ2n) is 7.29. The second-order valence-corrected chi connectivity index (χ2v) is 7.29. The van der Waals surface area contributed by atoms with Crippen LogP contribution in [0.2, 0.25) is 0 Å². The molecule has 0 radical (unpaired) electrons. The van der Waals surface area contributed by atoms with Gasteiger partial charge in [0, 0.05) is 11.7 Å². The number of rotatable bonds is 9. The molecule has 1 aliphatic carbocycles. The summed E-state index contributed by atoms with van der Waals surface area (Å²) in [4.78, 5) is 38.6. The molecule has 1 aliphatic rings. The Bertz CT molecular complexity index is 910. The molecule has 1 fully saturated rings. The maximum absolute atomic E-state index is 12.4. The zero-order valence-corrected chi connectivity index (χ0v) is 17.1. The van der Waals surface area contributed by atoms with Gasteiger partial charge in [-0.25, -0.2) is 0 Å². The SMILES string of the molecule is COc1ccc(NC(=O)CN(C)CC(=O)Nc2ccccc2C(=O)NC2CC2)cc1. The van der Waals surface area contributed by atoms with Crippen molar-refractivity contribution >= 4 is 29.1 Å². The molecule has 3 amide bonds. The molecule has 0 heterocycles. The van der Waals surface area contributed by atoms with Gasteiger partial charge in [0.15, 0.2) is 0 Å². The first-order valence-electron chi connectivity index (χ1n) is 9.77. The summed E-state index contributed by atoms with van der Waals surface area (Å²) >= 11 is 0. The van der Waals surface area contributed by atoms with Crippen LogP contribution in [0.25, 0.3) is 0 Å². The lowest BCUT2D eigenvalue weighted by Crippen LogP contribution is -2.36. The van der Waals surface area contributed by atoms with Crippen molar-refractivity contribution < 1.29 is 19.1 Å². The molecule has 3 N–H and O–H groups in total. The molecule has 158 valence electrons. The summed E-state index contributed by atoms with van der Waals surface area (Å²) in [7, 11) is 3.25. The van der Waals surface area contributed by atoms with Crippen molar-refractivity contribution in [1.82, 2.24) is 10.2 Å². The minimum atomic E-state index is -0.304. The first kappa shape index (κ1) is 21.3. The van der Waals surface area contributed by atoms with Gasteiger partial charge in [0.25, 0.3) is 5.91 Å². The quantitative estimate of drug-likeness (QED) is 0.588. The Morgan fingerprint density at radius 2 is 1.60 bits per heavy atom. The average molecular weight is 410 g/mol. The van der Waals surface area contributed by atoms with E-state index in [0.717, 1.165) is 12.8 Å². The third-order valence-electron chi connectivity index (χ3n) is 4.56. The van der Waals surface area contributed by atoms with Crippen LogP contribution >= 0.6 is 0 Å². The van der Waals surface area contributed by atoms with Crippen LogP contribution in [0.3, 0.4) is 0 Å². The molecule has 2 aromatic carbocycles. The van der Waals surface area contributed by atoms with E-state index < -0.39 is 0 Å². The lowest BCUT2D eigenvalue weighted by Gasteiger charge is -2.17. The highest BCUT2D eigenvalue weighted by atomic mass is 16.5. The molecule has 0 atom stereocenters. The van der Waals surface area contributed by atoms with Crippen molar-refractivity contribution in [3.8, 4) is 5.75 Å². The van der Waals surface area contributed by atoms with Gasteiger partial charge in [-0.3, -0.25) is 19.3 Å². The van der Waals surface area contributed by atoms with Crippen molar-refractivity contribution in [2.75, 3.05) is 37.9 Å². The van der Waals surface area contributed by atoms with E-state index in [1.54, 1.807) is 67.6 Å². The molecule has 0 aliphatic heterocycles. The van der Waals surface area contributed by atoms with Crippen LogP contribution in [0.1, 0.15) is 23.2 Å². The number of likely N-dealkylation sites (N-methyl/N-ethyl adjacent to an activating group) is 1. The summed E-state index contributed by atoms with van der Waals surface area (Å²) < 4.78 is 5.09. The number of carbonyl (C=O) groups is 3. The average Bonchev–Trinajstić information content (AvgIpc) is 3.52. The highest BCUT2D eigenvalue weighted by Crippen LogP contribution is 2.21. The van der Waals surface area contributed by atoms with Crippen LogP contribution in [0.4, 0.5) is 11.4 Å². The van der Waals surface area contributed by atoms with Gasteiger partial charge in [0.05, 0.1) is 31.5 Å². The molecule has 0 spiro atoms. The number of carbonyl (C=O) groups excluding carboxylic acids is 3. The van der Waals surface area contributed by atoms with E-state index >= 15 is 0 Å². The molecule has 0 unspecified atom stereocenters. The Balaban J connectivity index is 1.49. The summed E-state index contributed by atoms with van der Waals surface area (Å²) in [5, 5.41) is 8.46. The number of para-hydroxylation sites is 1. The predicted molar refractivity (Wildman–Crippen MR) is 115 cm³/mol. The normalized spacial score (nSPS) is 12.9. The van der Waals surface area contributed by atoms with Crippen molar-refractivity contribution in [1.29, 1.82) is 0 Å². The number of amides is 3. The third-order valence-corrected chi connectivity index (χ3v) is 4.56. The minimum Gasteiger partial charge on any atom is -0.497 e. The highest BCUT2D eigenvalue weighted by molar-refractivity contribution is 6.04. The molecule has 1 saturated carbocycles. The highest BCUT2D eigenvalue weighted by Gasteiger charge is 2.25. The number of ether oxygens (including phenoxy) is 1. The van der Waals surface area contributed by atoms with Gasteiger partial charge >= 0.3 is 0 Å². The second kappa shape index (κ2) is 9.89. The third kappa shape index (κ3) is 6.31. The fourth-order valence-electron chi connectivity index (χ4n) is 2.89. The van der Waals surface area contributed by atoms with E-state index in [9.17, 15) is 14.4 Å². The fraction of sp³-hybridized carbons (Fsp3) is 0.318. The van der Waals surface area contributed by atoms with Crippen molar-refractivity contribution in [2.24, 2.45) is 0 Å². The van der Waals surface area contributed by atoms with E-state index in [2.05, 4.69) is 16.0 Å². The number of hydrogen-bond acceptors (Lipinski definition) is 5. The maximum Gasteiger partial charge on any atom is 0.253 e. The van der Waals surface area contributed by atoms with Crippen LogP contribution in [0.15, 0.2) is 48.5 Å². The Morgan fingerprint density at radius 1 is 0.967 bits per heavy atom. The summed E-state index contributed by atoms with van der Waals surface area (Å²) in [6.45, 7) is 0.0534. The fourth-order valence-corrected chi connectivity index (χ4v) is 2.89. The van der Waals surface area contributed by atoms with Gasteiger partial charge in [-0.2, -0.15) is 0 Å². The molecular formula is C22H26N4O4. The summed E-state index contributed by atoms with van der Waals surface area (Å²) in [5.41, 5.74) is 1.53. The molecule has 0 saturated heterocycles. The predicted octanol–water partition coefficient (Wildman–Crippen LogP) is 2.10. The number of benzene rings is 2. The zero-order chi connectivity index (χ0) is 21.5. The summed E-state index contributed by atoms with van der Waals surface area (Å²) in [6, 6.07) is 14.1. The molecular weight excluding hydrogens is 384 g/mol. The van der Waals surface area contributed by atoms with Crippen molar-refractivity contribution in [3.63, 3.8) is 0 Å². The van der Waals surface area contributed by atoms with E-state index in [-0.39, 0.29) is 36.9 Å². The molecule has 0 bridgehead atoms. The Kier molecular flexibility index (Phi) is 7.03. The Hall–Kier alpha value is -3.39. The van der Waals surface area contributed by atoms with Gasteiger partial charge in [-0.1, -0.05) is 12.1 Å². The Morgan fingerprint density at radius 3 is 2.23 bits per heavy atom. The molecule has 30 heavy (non-hydrogen) atoms. The van der Waals surface area contributed by atoms with Gasteiger partial charge in [0.1, 0.15) is 5.75 Å². The molecule has 3 rings (SSSR count). The standard InChI is InChI=1S/C22H26N4O4/c1-26(13-20(27)23-15-9-11-17(30-2)12-10-15)14-21(28)25-19-6-4-3-5-18(19)22(29)24-16-7-8-16/h3-6,9-12,16H,7-8,13-14H2,1-2H3,(H,23,27)(H,24,29)(H,25,28). The number of nitrogens with one attached hydrogen (secondary N) is 3. The van der Waals surface area contributed by atoms with Crippen LogP contribution in [0.5, 0.6) is 5.75 Å². The lowest BCUT2D eigenvalue weighted by molar-refractivity contribution is -0.119. The topological polar surface area (TPSA) is 99.8 Å². The smallest absolute Gasteiger partial charge is 0.253 e. The van der Waals surface area contributed by atoms with Crippen LogP contribution in [-0.2, 0) is 9.59 Å². The summed E-state index contributed by atoms with van der Waals surface area (Å²) in [6.07, 6.45) is 1.98. The van der Waals surface area contributed by atoms with Gasteiger partial charge in [-0.05, 0) is 56.3 Å². The minimum absolute atomic E-state index is 0.00854. The van der Waals surface area contributed by atoms with E-state index in [1.807, 2.05) is 0 Å². The molecule has 8 heteroatoms. The number of methoxy groups -OCH3 is 1. The van der Waals surface area contributed by atoms with Gasteiger partial charge in [-0.15, -0.1) is 0 Å². The van der Waals surface area contributed by atoms with Crippen molar-refractivity contribution in [2.45, 2.75) is 18.9 Å². The maximum atomic E-state index is 12.4. The Labute approximate surface area is 175 Å². The first-order chi connectivity index (χ1) is 14.4. The van der Waals surface area contributed by atoms with E-state index in [4.69, 9.17) is 4.74 Å². The van der Waals surface area contributed by atoms with Gasteiger partial charge < -0.3 is 20.7 Å². The van der Waals surface area contributed by atoms with E-state index in [0.29, 0.717) is 22.7 Å². The number of anilines is 2. The van der Waals surface area contributed by atoms with Gasteiger partial charge in [0.2, 0.25) is 11.8 Å². The summed E-state index contributed by atoms with van der Waals surface area (Å²) in [5.74, 6) is -0.0328.